The first-order valence-corrected chi connectivity index (χ1v) is 6.57. The molecule has 17 heavy (non-hydrogen) atoms. The predicted octanol–water partition coefficient (Wildman–Crippen LogP) is 3.41. The standard InChI is InChI=1S/C13H15NO2S/c1-2-13(15)12-6-5-11(8-14-12)17-9-10-4-3-7-16-10/h3-8,13,15H,2,9H2,1H3/t13-/m0/s1. The number of rotatable bonds is 5. The van der Waals surface area contributed by atoms with Gasteiger partial charge in [-0.3, -0.25) is 4.98 Å². The van der Waals surface area contributed by atoms with Gasteiger partial charge in [0.2, 0.25) is 0 Å². The topological polar surface area (TPSA) is 46.3 Å². The van der Waals surface area contributed by atoms with Gasteiger partial charge >= 0.3 is 0 Å². The molecule has 3 nitrogen and oxygen atoms in total. The first-order chi connectivity index (χ1) is 8.29. The van der Waals surface area contributed by atoms with Gasteiger partial charge in [-0.05, 0) is 30.7 Å². The molecule has 1 atom stereocenters. The third-order valence-electron chi connectivity index (χ3n) is 2.45. The van der Waals surface area contributed by atoms with Gasteiger partial charge in [0.15, 0.2) is 0 Å². The van der Waals surface area contributed by atoms with Crippen LogP contribution in [0.5, 0.6) is 0 Å². The third kappa shape index (κ3) is 3.35. The summed E-state index contributed by atoms with van der Waals surface area (Å²) in [6.07, 6.45) is 3.70. The predicted molar refractivity (Wildman–Crippen MR) is 67.8 cm³/mol. The molecule has 0 radical (unpaired) electrons. The fourth-order valence-electron chi connectivity index (χ4n) is 1.43. The van der Waals surface area contributed by atoms with E-state index in [0.29, 0.717) is 6.42 Å². The Morgan fingerprint density at radius 1 is 1.41 bits per heavy atom. The number of aliphatic hydroxyl groups is 1. The number of thioether (sulfide) groups is 1. The molecule has 0 aliphatic heterocycles. The number of aliphatic hydroxyl groups excluding tert-OH is 1. The average Bonchev–Trinajstić information content (AvgIpc) is 2.89. The van der Waals surface area contributed by atoms with E-state index in [1.165, 1.54) is 0 Å². The fraction of sp³-hybridized carbons (Fsp3) is 0.308. The van der Waals surface area contributed by atoms with Crippen LogP contribution >= 0.6 is 11.8 Å². The minimum Gasteiger partial charge on any atom is -0.468 e. The lowest BCUT2D eigenvalue weighted by atomic mass is 10.2. The highest BCUT2D eigenvalue weighted by Gasteiger charge is 2.06. The summed E-state index contributed by atoms with van der Waals surface area (Å²) < 4.78 is 5.25. The van der Waals surface area contributed by atoms with Gasteiger partial charge in [-0.25, -0.2) is 0 Å². The molecular weight excluding hydrogens is 234 g/mol. The maximum atomic E-state index is 9.62. The van der Waals surface area contributed by atoms with E-state index in [4.69, 9.17) is 4.42 Å². The maximum Gasteiger partial charge on any atom is 0.113 e. The van der Waals surface area contributed by atoms with Crippen molar-refractivity contribution in [3.63, 3.8) is 0 Å². The van der Waals surface area contributed by atoms with E-state index in [2.05, 4.69) is 4.98 Å². The van der Waals surface area contributed by atoms with Gasteiger partial charge in [0.05, 0.1) is 23.8 Å². The summed E-state index contributed by atoms with van der Waals surface area (Å²) in [5.41, 5.74) is 0.731. The lowest BCUT2D eigenvalue weighted by molar-refractivity contribution is 0.169. The molecule has 0 aliphatic rings. The van der Waals surface area contributed by atoms with Crippen molar-refractivity contribution in [2.45, 2.75) is 30.1 Å². The minimum absolute atomic E-state index is 0.459. The minimum atomic E-state index is -0.459. The van der Waals surface area contributed by atoms with Gasteiger partial charge in [-0.15, -0.1) is 11.8 Å². The molecule has 0 bridgehead atoms. The summed E-state index contributed by atoms with van der Waals surface area (Å²) in [5, 5.41) is 9.62. The summed E-state index contributed by atoms with van der Waals surface area (Å²) in [6.45, 7) is 1.94. The molecule has 0 aromatic carbocycles. The molecule has 2 aromatic heterocycles. The van der Waals surface area contributed by atoms with Crippen molar-refractivity contribution in [3.8, 4) is 0 Å². The number of nitrogens with zero attached hydrogens (tertiary/aromatic N) is 1. The maximum absolute atomic E-state index is 9.62. The van der Waals surface area contributed by atoms with Gasteiger partial charge in [-0.1, -0.05) is 6.92 Å². The zero-order valence-corrected chi connectivity index (χ0v) is 10.5. The van der Waals surface area contributed by atoms with Gasteiger partial charge in [0.1, 0.15) is 5.76 Å². The van der Waals surface area contributed by atoms with E-state index in [1.54, 1.807) is 24.2 Å². The van der Waals surface area contributed by atoms with Crippen LogP contribution in [0.1, 0.15) is 30.9 Å². The zero-order valence-electron chi connectivity index (χ0n) is 9.67. The largest absolute Gasteiger partial charge is 0.468 e. The first-order valence-electron chi connectivity index (χ1n) is 5.58. The van der Waals surface area contributed by atoms with Gasteiger partial charge in [0, 0.05) is 11.1 Å². The molecule has 0 saturated carbocycles. The van der Waals surface area contributed by atoms with Crippen LogP contribution < -0.4 is 0 Å². The summed E-state index contributed by atoms with van der Waals surface area (Å²) in [6, 6.07) is 7.69. The van der Waals surface area contributed by atoms with Crippen LogP contribution in [0.3, 0.4) is 0 Å². The van der Waals surface area contributed by atoms with Crippen LogP contribution in [-0.4, -0.2) is 10.1 Å². The van der Waals surface area contributed by atoms with Crippen LogP contribution in [0.4, 0.5) is 0 Å². The molecule has 0 spiro atoms. The van der Waals surface area contributed by atoms with E-state index >= 15 is 0 Å². The van der Waals surface area contributed by atoms with Crippen LogP contribution in [0.15, 0.2) is 46.0 Å². The van der Waals surface area contributed by atoms with E-state index in [9.17, 15) is 5.11 Å². The Labute approximate surface area is 105 Å². The third-order valence-corrected chi connectivity index (χ3v) is 3.45. The Hall–Kier alpha value is -1.26. The highest BCUT2D eigenvalue weighted by molar-refractivity contribution is 7.98. The summed E-state index contributed by atoms with van der Waals surface area (Å²) in [5.74, 6) is 1.75. The Morgan fingerprint density at radius 3 is 2.88 bits per heavy atom. The number of hydrogen-bond donors (Lipinski definition) is 1. The monoisotopic (exact) mass is 249 g/mol. The van der Waals surface area contributed by atoms with Crippen molar-refractivity contribution in [1.29, 1.82) is 0 Å². The van der Waals surface area contributed by atoms with Gasteiger partial charge < -0.3 is 9.52 Å². The van der Waals surface area contributed by atoms with Crippen LogP contribution in [-0.2, 0) is 5.75 Å². The number of furan rings is 1. The number of hydrogen-bond acceptors (Lipinski definition) is 4. The highest BCUT2D eigenvalue weighted by Crippen LogP contribution is 2.23. The highest BCUT2D eigenvalue weighted by atomic mass is 32.2. The number of aromatic nitrogens is 1. The Kier molecular flexibility index (Phi) is 4.23. The molecule has 0 saturated heterocycles. The van der Waals surface area contributed by atoms with Gasteiger partial charge in [0.25, 0.3) is 0 Å². The van der Waals surface area contributed by atoms with Crippen molar-refractivity contribution < 1.29 is 9.52 Å². The van der Waals surface area contributed by atoms with Crippen molar-refractivity contribution in [2.75, 3.05) is 0 Å². The van der Waals surface area contributed by atoms with E-state index < -0.39 is 6.10 Å². The van der Waals surface area contributed by atoms with E-state index in [1.807, 2.05) is 31.2 Å². The molecule has 2 heterocycles. The molecule has 0 fully saturated rings. The Morgan fingerprint density at radius 2 is 2.29 bits per heavy atom. The average molecular weight is 249 g/mol. The smallest absolute Gasteiger partial charge is 0.113 e. The van der Waals surface area contributed by atoms with Gasteiger partial charge in [-0.2, -0.15) is 0 Å². The Bertz CT molecular complexity index is 439. The van der Waals surface area contributed by atoms with Crippen molar-refractivity contribution in [1.82, 2.24) is 4.98 Å². The zero-order chi connectivity index (χ0) is 12.1. The molecule has 1 N–H and O–H groups in total. The second-order valence-corrected chi connectivity index (χ2v) is 4.76. The van der Waals surface area contributed by atoms with Crippen LogP contribution in [0.25, 0.3) is 0 Å². The van der Waals surface area contributed by atoms with Crippen LogP contribution in [0, 0.1) is 0 Å². The van der Waals surface area contributed by atoms with Crippen LogP contribution in [0.2, 0.25) is 0 Å². The summed E-state index contributed by atoms with van der Waals surface area (Å²) in [4.78, 5) is 5.33. The summed E-state index contributed by atoms with van der Waals surface area (Å²) >= 11 is 1.67. The van der Waals surface area contributed by atoms with E-state index in [-0.39, 0.29) is 0 Å². The fourth-order valence-corrected chi connectivity index (χ4v) is 2.20. The molecular formula is C13H15NO2S. The molecule has 0 amide bonds. The van der Waals surface area contributed by atoms with Crippen molar-refractivity contribution in [3.05, 3.63) is 48.2 Å². The normalized spacial score (nSPS) is 12.6. The molecule has 4 heteroatoms. The lowest BCUT2D eigenvalue weighted by Gasteiger charge is -2.07. The molecule has 2 aromatic rings. The van der Waals surface area contributed by atoms with Crippen molar-refractivity contribution in [2.24, 2.45) is 0 Å². The van der Waals surface area contributed by atoms with Crippen molar-refractivity contribution >= 4 is 11.8 Å². The lowest BCUT2D eigenvalue weighted by Crippen LogP contribution is -1.97. The molecule has 90 valence electrons. The summed E-state index contributed by atoms with van der Waals surface area (Å²) in [7, 11) is 0. The quantitative estimate of drug-likeness (QED) is 0.825. The first kappa shape index (κ1) is 12.2. The number of pyridine rings is 1. The Balaban J connectivity index is 1.94. The molecule has 0 aliphatic carbocycles. The second-order valence-electron chi connectivity index (χ2n) is 3.71. The molecule has 0 unspecified atom stereocenters. The SMILES string of the molecule is CC[C@H](O)c1ccc(SCc2ccco2)cn1. The second kappa shape index (κ2) is 5.89. The van der Waals surface area contributed by atoms with E-state index in [0.717, 1.165) is 22.1 Å². The molecule has 2 rings (SSSR count).